The van der Waals surface area contributed by atoms with Crippen LogP contribution in [-0.2, 0) is 0 Å². The van der Waals surface area contributed by atoms with E-state index in [1.807, 2.05) is 41.8 Å². The standard InChI is InChI=1S/C19H14ClN3O2/c1-12-4-2-10-23-17(12)21-16(13-6-8-14(20)9-7-13)18(23)22-19(24)15-5-3-11-25-15/h2-11H,1H3,(H,22,24). The molecular weight excluding hydrogens is 338 g/mol. The number of hydrogen-bond acceptors (Lipinski definition) is 3. The van der Waals surface area contributed by atoms with Crippen molar-refractivity contribution in [3.63, 3.8) is 0 Å². The minimum atomic E-state index is -0.330. The molecule has 5 nitrogen and oxygen atoms in total. The molecule has 4 rings (SSSR count). The first-order valence-corrected chi connectivity index (χ1v) is 8.10. The van der Waals surface area contributed by atoms with Crippen LogP contribution in [0.1, 0.15) is 16.1 Å². The van der Waals surface area contributed by atoms with Gasteiger partial charge in [0.2, 0.25) is 0 Å². The summed E-state index contributed by atoms with van der Waals surface area (Å²) >= 11 is 5.99. The number of anilines is 1. The molecule has 124 valence electrons. The molecule has 3 aromatic heterocycles. The van der Waals surface area contributed by atoms with Crippen molar-refractivity contribution in [2.75, 3.05) is 5.32 Å². The van der Waals surface area contributed by atoms with E-state index in [9.17, 15) is 4.79 Å². The molecule has 0 bridgehead atoms. The highest BCUT2D eigenvalue weighted by Crippen LogP contribution is 2.31. The van der Waals surface area contributed by atoms with Gasteiger partial charge in [0.05, 0.1) is 6.26 Å². The molecule has 0 aliphatic heterocycles. The van der Waals surface area contributed by atoms with Gasteiger partial charge in [0.1, 0.15) is 17.2 Å². The van der Waals surface area contributed by atoms with Gasteiger partial charge in [0.25, 0.3) is 5.91 Å². The number of pyridine rings is 1. The lowest BCUT2D eigenvalue weighted by Gasteiger charge is -2.07. The Bertz CT molecular complexity index is 1050. The number of imidazole rings is 1. The number of halogens is 1. The van der Waals surface area contributed by atoms with E-state index in [-0.39, 0.29) is 11.7 Å². The summed E-state index contributed by atoms with van der Waals surface area (Å²) in [6.45, 7) is 1.98. The van der Waals surface area contributed by atoms with E-state index in [4.69, 9.17) is 21.0 Å². The van der Waals surface area contributed by atoms with Gasteiger partial charge in [-0.15, -0.1) is 0 Å². The minimum absolute atomic E-state index is 0.240. The Labute approximate surface area is 148 Å². The zero-order valence-electron chi connectivity index (χ0n) is 13.4. The molecule has 3 heterocycles. The number of furan rings is 1. The normalized spacial score (nSPS) is 11.0. The molecule has 4 aromatic rings. The SMILES string of the molecule is Cc1cccn2c(NC(=O)c3ccco3)c(-c3ccc(Cl)cc3)nc12. The van der Waals surface area contributed by atoms with Crippen LogP contribution in [0.5, 0.6) is 0 Å². The monoisotopic (exact) mass is 351 g/mol. The van der Waals surface area contributed by atoms with Gasteiger partial charge in [0.15, 0.2) is 5.76 Å². The second-order valence-electron chi connectivity index (χ2n) is 5.63. The van der Waals surface area contributed by atoms with Crippen LogP contribution in [0.2, 0.25) is 5.02 Å². The number of fused-ring (bicyclic) bond motifs is 1. The van der Waals surface area contributed by atoms with Gasteiger partial charge in [-0.2, -0.15) is 0 Å². The molecule has 6 heteroatoms. The van der Waals surface area contributed by atoms with Crippen LogP contribution < -0.4 is 5.32 Å². The van der Waals surface area contributed by atoms with E-state index in [0.29, 0.717) is 16.5 Å². The van der Waals surface area contributed by atoms with Crippen LogP contribution in [0.3, 0.4) is 0 Å². The number of amides is 1. The number of rotatable bonds is 3. The van der Waals surface area contributed by atoms with Gasteiger partial charge in [-0.05, 0) is 42.8 Å². The van der Waals surface area contributed by atoms with Crippen molar-refractivity contribution < 1.29 is 9.21 Å². The van der Waals surface area contributed by atoms with Crippen LogP contribution in [-0.4, -0.2) is 15.3 Å². The van der Waals surface area contributed by atoms with Gasteiger partial charge in [-0.3, -0.25) is 9.20 Å². The third-order valence-electron chi connectivity index (χ3n) is 3.94. The lowest BCUT2D eigenvalue weighted by Crippen LogP contribution is -2.13. The van der Waals surface area contributed by atoms with Crippen LogP contribution in [0.15, 0.2) is 65.4 Å². The average molecular weight is 352 g/mol. The summed E-state index contributed by atoms with van der Waals surface area (Å²) in [5.74, 6) is 0.496. The molecule has 0 atom stereocenters. The molecule has 0 spiro atoms. The van der Waals surface area contributed by atoms with Crippen LogP contribution in [0, 0.1) is 6.92 Å². The third kappa shape index (κ3) is 2.79. The van der Waals surface area contributed by atoms with Gasteiger partial charge in [0, 0.05) is 16.8 Å². The molecule has 1 N–H and O–H groups in total. The largest absolute Gasteiger partial charge is 0.459 e. The first-order chi connectivity index (χ1) is 12.1. The van der Waals surface area contributed by atoms with Crippen LogP contribution in [0.4, 0.5) is 5.82 Å². The van der Waals surface area contributed by atoms with Crippen molar-refractivity contribution in [1.82, 2.24) is 9.38 Å². The Morgan fingerprint density at radius 2 is 1.96 bits per heavy atom. The van der Waals surface area contributed by atoms with E-state index in [1.165, 1.54) is 6.26 Å². The summed E-state index contributed by atoms with van der Waals surface area (Å²) in [7, 11) is 0. The number of nitrogens with one attached hydrogen (secondary N) is 1. The van der Waals surface area contributed by atoms with Crippen molar-refractivity contribution in [2.24, 2.45) is 0 Å². The van der Waals surface area contributed by atoms with Gasteiger partial charge >= 0.3 is 0 Å². The van der Waals surface area contributed by atoms with Crippen molar-refractivity contribution in [1.29, 1.82) is 0 Å². The second-order valence-corrected chi connectivity index (χ2v) is 6.07. The highest BCUT2D eigenvalue weighted by Gasteiger charge is 2.19. The molecule has 1 aromatic carbocycles. The summed E-state index contributed by atoms with van der Waals surface area (Å²) in [5.41, 5.74) is 3.33. The lowest BCUT2D eigenvalue weighted by molar-refractivity contribution is 0.0996. The molecule has 0 radical (unpaired) electrons. The molecule has 0 aliphatic rings. The van der Waals surface area contributed by atoms with Crippen molar-refractivity contribution in [2.45, 2.75) is 6.92 Å². The molecule has 1 amide bonds. The number of nitrogens with zero attached hydrogens (tertiary/aromatic N) is 2. The average Bonchev–Trinajstić information content (AvgIpc) is 3.25. The number of aryl methyl sites for hydroxylation is 1. The first-order valence-electron chi connectivity index (χ1n) is 7.72. The van der Waals surface area contributed by atoms with Crippen LogP contribution >= 0.6 is 11.6 Å². The highest BCUT2D eigenvalue weighted by molar-refractivity contribution is 6.30. The van der Waals surface area contributed by atoms with E-state index < -0.39 is 0 Å². The fraction of sp³-hybridized carbons (Fsp3) is 0.0526. The van der Waals surface area contributed by atoms with E-state index in [2.05, 4.69) is 5.32 Å². The fourth-order valence-electron chi connectivity index (χ4n) is 2.71. The third-order valence-corrected chi connectivity index (χ3v) is 4.19. The van der Waals surface area contributed by atoms with Crippen molar-refractivity contribution >= 4 is 29.0 Å². The number of hydrogen-bond donors (Lipinski definition) is 1. The Hall–Kier alpha value is -3.05. The molecule has 0 saturated carbocycles. The van der Waals surface area contributed by atoms with Crippen molar-refractivity contribution in [3.05, 3.63) is 77.3 Å². The number of carbonyl (C=O) groups is 1. The Balaban J connectivity index is 1.88. The lowest BCUT2D eigenvalue weighted by atomic mass is 10.1. The highest BCUT2D eigenvalue weighted by atomic mass is 35.5. The fourth-order valence-corrected chi connectivity index (χ4v) is 2.84. The number of aromatic nitrogens is 2. The van der Waals surface area contributed by atoms with Gasteiger partial charge in [-0.25, -0.2) is 4.98 Å². The number of carbonyl (C=O) groups excluding carboxylic acids is 1. The quantitative estimate of drug-likeness (QED) is 0.576. The predicted octanol–water partition coefficient (Wildman–Crippen LogP) is 4.81. The molecular formula is C19H14ClN3O2. The summed E-state index contributed by atoms with van der Waals surface area (Å²) in [5, 5.41) is 3.55. The maximum Gasteiger partial charge on any atom is 0.292 e. The zero-order valence-corrected chi connectivity index (χ0v) is 14.1. The summed E-state index contributed by atoms with van der Waals surface area (Å²) in [6, 6.07) is 14.5. The van der Waals surface area contributed by atoms with Crippen LogP contribution in [0.25, 0.3) is 16.9 Å². The number of benzene rings is 1. The molecule has 0 fully saturated rings. The minimum Gasteiger partial charge on any atom is -0.459 e. The molecule has 0 saturated heterocycles. The summed E-state index contributed by atoms with van der Waals surface area (Å²) in [4.78, 5) is 17.2. The second kappa shape index (κ2) is 6.11. The smallest absolute Gasteiger partial charge is 0.292 e. The topological polar surface area (TPSA) is 59.5 Å². The van der Waals surface area contributed by atoms with E-state index in [1.54, 1.807) is 24.3 Å². The summed E-state index contributed by atoms with van der Waals surface area (Å²) < 4.78 is 7.04. The Morgan fingerprint density at radius 3 is 2.68 bits per heavy atom. The summed E-state index contributed by atoms with van der Waals surface area (Å²) in [6.07, 6.45) is 3.33. The van der Waals surface area contributed by atoms with E-state index >= 15 is 0 Å². The first kappa shape index (κ1) is 15.5. The maximum absolute atomic E-state index is 12.5. The maximum atomic E-state index is 12.5. The predicted molar refractivity (Wildman–Crippen MR) is 97.0 cm³/mol. The zero-order chi connectivity index (χ0) is 17.4. The molecule has 25 heavy (non-hydrogen) atoms. The van der Waals surface area contributed by atoms with E-state index in [0.717, 1.165) is 16.8 Å². The Morgan fingerprint density at radius 1 is 1.16 bits per heavy atom. The molecule has 0 aliphatic carbocycles. The van der Waals surface area contributed by atoms with Gasteiger partial charge in [-0.1, -0.05) is 29.8 Å². The van der Waals surface area contributed by atoms with Gasteiger partial charge < -0.3 is 9.73 Å². The van der Waals surface area contributed by atoms with Crippen molar-refractivity contribution in [3.8, 4) is 11.3 Å². The Kier molecular flexibility index (Phi) is 3.78. The molecule has 0 unspecified atom stereocenters.